The number of halogens is 2. The fourth-order valence-electron chi connectivity index (χ4n) is 3.30. The summed E-state index contributed by atoms with van der Waals surface area (Å²) < 4.78 is 33.1. The van der Waals surface area contributed by atoms with Crippen molar-refractivity contribution < 1.29 is 23.4 Å². The van der Waals surface area contributed by atoms with Gasteiger partial charge in [-0.2, -0.15) is 4.39 Å². The molecule has 0 aliphatic carbocycles. The average Bonchev–Trinajstić information content (AvgIpc) is 3.61. The molecule has 6 aromatic rings. The van der Waals surface area contributed by atoms with Crippen molar-refractivity contribution in [1.82, 2.24) is 24.9 Å². The average molecular weight is 524 g/mol. The molecule has 0 bridgehead atoms. The Balaban J connectivity index is 0.000000148. The number of hydrogen-bond donors (Lipinski definition) is 2. The number of rotatable bonds is 4. The standard InChI is InChI=1S/C13H9FN2OS.C11H6FN3O2S/c1-17-8-5-6-11-10(7-8)16-13(18-11)9-3-2-4-12(14)15-9;12-5-1-2-7-6(3-5)15-10(18-7)8-9(11(16)17)14-4-13-8/h2-7H,1H3;1-4H,(H,13,14)(H,16,17). The van der Waals surface area contributed by atoms with E-state index < -0.39 is 11.9 Å². The van der Waals surface area contributed by atoms with Gasteiger partial charge in [0.05, 0.1) is 33.9 Å². The van der Waals surface area contributed by atoms with Gasteiger partial charge in [-0.3, -0.25) is 0 Å². The molecule has 2 aromatic carbocycles. The minimum absolute atomic E-state index is 0.0884. The zero-order valence-corrected chi connectivity index (χ0v) is 20.0. The minimum Gasteiger partial charge on any atom is -0.497 e. The Bertz CT molecular complexity index is 1710. The van der Waals surface area contributed by atoms with Crippen LogP contribution in [0.4, 0.5) is 8.78 Å². The van der Waals surface area contributed by atoms with Crippen LogP contribution >= 0.6 is 22.7 Å². The van der Waals surface area contributed by atoms with Crippen molar-refractivity contribution in [2.75, 3.05) is 7.11 Å². The van der Waals surface area contributed by atoms with Crippen LogP contribution in [0.15, 0.2) is 60.9 Å². The van der Waals surface area contributed by atoms with E-state index in [9.17, 15) is 13.6 Å². The number of methoxy groups -OCH3 is 1. The number of pyridine rings is 1. The number of benzene rings is 2. The van der Waals surface area contributed by atoms with Gasteiger partial charge in [-0.1, -0.05) is 6.07 Å². The molecule has 0 radical (unpaired) electrons. The van der Waals surface area contributed by atoms with Gasteiger partial charge in [0.25, 0.3) is 0 Å². The van der Waals surface area contributed by atoms with Crippen LogP contribution in [0.5, 0.6) is 5.75 Å². The monoisotopic (exact) mass is 523 g/mol. The molecule has 0 atom stereocenters. The van der Waals surface area contributed by atoms with Gasteiger partial charge >= 0.3 is 5.97 Å². The van der Waals surface area contributed by atoms with Gasteiger partial charge in [0, 0.05) is 12.1 Å². The normalized spacial score (nSPS) is 10.9. The van der Waals surface area contributed by atoms with Crippen molar-refractivity contribution in [1.29, 1.82) is 0 Å². The molecule has 2 N–H and O–H groups in total. The van der Waals surface area contributed by atoms with Crippen molar-refractivity contribution in [3.63, 3.8) is 0 Å². The number of aromatic amines is 1. The van der Waals surface area contributed by atoms with Gasteiger partial charge in [0.15, 0.2) is 5.69 Å². The van der Waals surface area contributed by atoms with E-state index in [0.717, 1.165) is 20.7 Å². The number of thiazole rings is 2. The molecule has 0 aliphatic heterocycles. The van der Waals surface area contributed by atoms with Crippen molar-refractivity contribution in [2.45, 2.75) is 0 Å². The lowest BCUT2D eigenvalue weighted by Gasteiger charge is -1.96. The van der Waals surface area contributed by atoms with Crippen molar-refractivity contribution >= 4 is 49.1 Å². The van der Waals surface area contributed by atoms with Crippen LogP contribution in [0, 0.1) is 11.8 Å². The number of H-pyrrole nitrogens is 1. The van der Waals surface area contributed by atoms with Crippen LogP contribution in [0.1, 0.15) is 10.5 Å². The minimum atomic E-state index is -1.13. The number of carbonyl (C=O) groups is 1. The molecule has 36 heavy (non-hydrogen) atoms. The largest absolute Gasteiger partial charge is 0.497 e. The summed E-state index contributed by atoms with van der Waals surface area (Å²) in [5, 5.41) is 10.2. The summed E-state index contributed by atoms with van der Waals surface area (Å²) in [7, 11) is 1.61. The smallest absolute Gasteiger partial charge is 0.356 e. The van der Waals surface area contributed by atoms with Crippen LogP contribution < -0.4 is 4.74 Å². The number of nitrogens with one attached hydrogen (secondary N) is 1. The van der Waals surface area contributed by atoms with Crippen molar-refractivity contribution in [3.8, 4) is 27.2 Å². The number of aromatic carboxylic acids is 1. The summed E-state index contributed by atoms with van der Waals surface area (Å²) in [4.78, 5) is 29.9. The van der Waals surface area contributed by atoms with E-state index >= 15 is 0 Å². The van der Waals surface area contributed by atoms with Crippen LogP contribution in [-0.4, -0.2) is 43.1 Å². The van der Waals surface area contributed by atoms with E-state index in [1.807, 2.05) is 18.2 Å². The molecular formula is C24H15F2N5O3S2. The number of aromatic nitrogens is 5. The predicted molar refractivity (Wildman–Crippen MR) is 133 cm³/mol. The summed E-state index contributed by atoms with van der Waals surface area (Å²) in [6, 6.07) is 14.6. The Morgan fingerprint density at radius 3 is 2.42 bits per heavy atom. The zero-order valence-electron chi connectivity index (χ0n) is 18.4. The second-order valence-electron chi connectivity index (χ2n) is 7.26. The third-order valence-corrected chi connectivity index (χ3v) is 7.05. The second kappa shape index (κ2) is 9.76. The Kier molecular flexibility index (Phi) is 6.36. The molecule has 0 saturated carbocycles. The van der Waals surface area contributed by atoms with Gasteiger partial charge in [-0.25, -0.2) is 29.1 Å². The van der Waals surface area contributed by atoms with E-state index in [-0.39, 0.29) is 11.5 Å². The Morgan fingerprint density at radius 1 is 0.944 bits per heavy atom. The summed E-state index contributed by atoms with van der Waals surface area (Å²) in [6.45, 7) is 0. The van der Waals surface area contributed by atoms with Crippen LogP contribution in [0.25, 0.3) is 41.8 Å². The predicted octanol–water partition coefficient (Wildman–Crippen LogP) is 6.03. The number of fused-ring (bicyclic) bond motifs is 2. The molecule has 180 valence electrons. The molecule has 0 unspecified atom stereocenters. The third kappa shape index (κ3) is 4.76. The maximum atomic E-state index is 13.1. The Hall–Kier alpha value is -4.29. The van der Waals surface area contributed by atoms with E-state index in [4.69, 9.17) is 9.84 Å². The molecule has 12 heteroatoms. The zero-order chi connectivity index (χ0) is 25.2. The Morgan fingerprint density at radius 2 is 1.67 bits per heavy atom. The molecule has 0 fully saturated rings. The van der Waals surface area contributed by atoms with Crippen molar-refractivity contribution in [2.24, 2.45) is 0 Å². The van der Waals surface area contributed by atoms with E-state index in [2.05, 4.69) is 24.9 Å². The first-order valence-electron chi connectivity index (χ1n) is 10.3. The van der Waals surface area contributed by atoms with Crippen LogP contribution in [0.2, 0.25) is 0 Å². The lowest BCUT2D eigenvalue weighted by atomic mass is 10.3. The third-order valence-electron chi connectivity index (χ3n) is 4.93. The van der Waals surface area contributed by atoms with Gasteiger partial charge < -0.3 is 14.8 Å². The highest BCUT2D eigenvalue weighted by Gasteiger charge is 2.18. The maximum Gasteiger partial charge on any atom is 0.356 e. The number of carboxylic acid groups (broad SMARTS) is 1. The van der Waals surface area contributed by atoms with Crippen LogP contribution in [-0.2, 0) is 0 Å². The highest BCUT2D eigenvalue weighted by atomic mass is 32.1. The Labute approximate surface area is 209 Å². The molecule has 4 heterocycles. The fourth-order valence-corrected chi connectivity index (χ4v) is 5.17. The molecule has 0 spiro atoms. The topological polar surface area (TPSA) is 114 Å². The number of ether oxygens (including phenoxy) is 1. The van der Waals surface area contributed by atoms with Gasteiger partial charge in [-0.05, 0) is 36.4 Å². The highest BCUT2D eigenvalue weighted by Crippen LogP contribution is 2.32. The van der Waals surface area contributed by atoms with Gasteiger partial charge in [-0.15, -0.1) is 22.7 Å². The molecule has 0 saturated heterocycles. The lowest BCUT2D eigenvalue weighted by Crippen LogP contribution is -1.98. The molecule has 0 aliphatic rings. The van der Waals surface area contributed by atoms with Gasteiger partial charge in [0.1, 0.15) is 33.0 Å². The first-order chi connectivity index (χ1) is 17.4. The highest BCUT2D eigenvalue weighted by molar-refractivity contribution is 7.22. The summed E-state index contributed by atoms with van der Waals surface area (Å²) in [5.41, 5.74) is 2.13. The summed E-state index contributed by atoms with van der Waals surface area (Å²) in [5.74, 6) is -1.24. The SMILES string of the molecule is COc1ccc2sc(-c3cccc(F)n3)nc2c1.O=C(O)c1nc[nH]c1-c1nc2cc(F)ccc2s1. The van der Waals surface area contributed by atoms with Gasteiger partial charge in [0.2, 0.25) is 5.95 Å². The van der Waals surface area contributed by atoms with E-state index in [1.165, 1.54) is 47.2 Å². The maximum absolute atomic E-state index is 13.1. The first-order valence-corrected chi connectivity index (χ1v) is 11.9. The molecule has 4 aromatic heterocycles. The summed E-state index contributed by atoms with van der Waals surface area (Å²) >= 11 is 2.77. The van der Waals surface area contributed by atoms with E-state index in [0.29, 0.717) is 26.9 Å². The number of nitrogens with zero attached hydrogens (tertiary/aromatic N) is 4. The number of carboxylic acids is 1. The lowest BCUT2D eigenvalue weighted by molar-refractivity contribution is 0.0692. The van der Waals surface area contributed by atoms with Crippen molar-refractivity contribution in [3.05, 3.63) is 78.4 Å². The number of imidazole rings is 1. The quantitative estimate of drug-likeness (QED) is 0.271. The fraction of sp³-hybridized carbons (Fsp3) is 0.0417. The first kappa shape index (κ1) is 23.5. The number of hydrogen-bond acceptors (Lipinski definition) is 8. The molecule has 0 amide bonds. The molecule has 8 nitrogen and oxygen atoms in total. The van der Waals surface area contributed by atoms with Crippen LogP contribution in [0.3, 0.4) is 0 Å². The molecular weight excluding hydrogens is 508 g/mol. The second-order valence-corrected chi connectivity index (χ2v) is 9.32. The van der Waals surface area contributed by atoms with E-state index in [1.54, 1.807) is 25.3 Å². The summed E-state index contributed by atoms with van der Waals surface area (Å²) in [6.07, 6.45) is 1.30. The molecule has 6 rings (SSSR count).